The summed E-state index contributed by atoms with van der Waals surface area (Å²) in [6, 6.07) is 0. The predicted octanol–water partition coefficient (Wildman–Crippen LogP) is -0.400. The monoisotopic (exact) mass is 326 g/mol. The molecule has 0 spiro atoms. The van der Waals surface area contributed by atoms with E-state index in [0.717, 1.165) is 0 Å². The summed E-state index contributed by atoms with van der Waals surface area (Å²) in [7, 11) is -7.02. The molecule has 0 amide bonds. The number of nitrogens with one attached hydrogen (secondary N) is 2. The van der Waals surface area contributed by atoms with Gasteiger partial charge in [-0.05, 0) is 19.8 Å². The standard InChI is InChI=1S/C9H14N2O5S3/c1-6-8(17-9(12)11-6)19(15,16)10-5-7-3-2-4-18(7,13)14/h7,10H,2-5H2,1H3,(H,11,12). The summed E-state index contributed by atoms with van der Waals surface area (Å²) in [5, 5.41) is -0.668. The number of aryl methyl sites for hydroxylation is 1. The van der Waals surface area contributed by atoms with Crippen LogP contribution in [0.3, 0.4) is 0 Å². The van der Waals surface area contributed by atoms with Crippen LogP contribution in [0.15, 0.2) is 9.00 Å². The average molecular weight is 326 g/mol. The first kappa shape index (κ1) is 14.7. The van der Waals surface area contributed by atoms with Crippen LogP contribution >= 0.6 is 11.3 Å². The molecule has 2 N–H and O–H groups in total. The van der Waals surface area contributed by atoms with E-state index >= 15 is 0 Å². The fourth-order valence-corrected chi connectivity index (χ4v) is 6.30. The van der Waals surface area contributed by atoms with Gasteiger partial charge in [-0.15, -0.1) is 0 Å². The van der Waals surface area contributed by atoms with Crippen LogP contribution in [-0.2, 0) is 19.9 Å². The van der Waals surface area contributed by atoms with Gasteiger partial charge in [-0.2, -0.15) is 0 Å². The van der Waals surface area contributed by atoms with Crippen LogP contribution < -0.4 is 9.60 Å². The summed E-state index contributed by atoms with van der Waals surface area (Å²) in [4.78, 5) is 13.0. The molecule has 1 saturated heterocycles. The van der Waals surface area contributed by atoms with Crippen molar-refractivity contribution in [2.45, 2.75) is 29.2 Å². The highest BCUT2D eigenvalue weighted by Gasteiger charge is 2.32. The van der Waals surface area contributed by atoms with Crippen LogP contribution in [0, 0.1) is 6.92 Å². The van der Waals surface area contributed by atoms with Gasteiger partial charge in [0.15, 0.2) is 14.0 Å². The van der Waals surface area contributed by atoms with Crippen molar-refractivity contribution in [3.8, 4) is 0 Å². The first-order chi connectivity index (χ1) is 8.72. The maximum atomic E-state index is 12.0. The molecule has 1 aromatic heterocycles. The molecule has 7 nitrogen and oxygen atoms in total. The van der Waals surface area contributed by atoms with Gasteiger partial charge >= 0.3 is 4.87 Å². The predicted molar refractivity (Wildman–Crippen MR) is 71.7 cm³/mol. The third-order valence-electron chi connectivity index (χ3n) is 2.99. The van der Waals surface area contributed by atoms with Gasteiger partial charge in [0.05, 0.1) is 11.0 Å². The number of hydrogen-bond acceptors (Lipinski definition) is 6. The van der Waals surface area contributed by atoms with Crippen LogP contribution in [0.4, 0.5) is 0 Å². The number of aromatic nitrogens is 1. The molecule has 0 bridgehead atoms. The normalized spacial score (nSPS) is 22.7. The largest absolute Gasteiger partial charge is 0.315 e. The lowest BCUT2D eigenvalue weighted by Crippen LogP contribution is -2.34. The van der Waals surface area contributed by atoms with Crippen LogP contribution in [-0.4, -0.2) is 39.4 Å². The van der Waals surface area contributed by atoms with E-state index in [1.807, 2.05) is 0 Å². The highest BCUT2D eigenvalue weighted by atomic mass is 32.2. The first-order valence-electron chi connectivity index (χ1n) is 5.63. The van der Waals surface area contributed by atoms with Gasteiger partial charge in [0.2, 0.25) is 0 Å². The maximum absolute atomic E-state index is 12.0. The van der Waals surface area contributed by atoms with Gasteiger partial charge in [0, 0.05) is 12.2 Å². The average Bonchev–Trinajstić information content (AvgIpc) is 2.78. The number of aromatic amines is 1. The molecule has 1 unspecified atom stereocenters. The van der Waals surface area contributed by atoms with Gasteiger partial charge < -0.3 is 4.98 Å². The third kappa shape index (κ3) is 3.07. The summed E-state index contributed by atoms with van der Waals surface area (Å²) >= 11 is 0.593. The van der Waals surface area contributed by atoms with Gasteiger partial charge in [0.1, 0.15) is 0 Å². The Morgan fingerprint density at radius 2 is 2.16 bits per heavy atom. The SMILES string of the molecule is Cc1[nH]c(=O)sc1S(=O)(=O)NCC1CCCS1(=O)=O. The molecule has 108 valence electrons. The lowest BCUT2D eigenvalue weighted by Gasteiger charge is -2.10. The smallest absolute Gasteiger partial charge is 0.305 e. The zero-order valence-electron chi connectivity index (χ0n) is 10.2. The molecule has 0 radical (unpaired) electrons. The Kier molecular flexibility index (Phi) is 3.87. The molecule has 0 saturated carbocycles. The number of hydrogen-bond donors (Lipinski definition) is 2. The van der Waals surface area contributed by atoms with E-state index in [1.165, 1.54) is 6.92 Å². The van der Waals surface area contributed by atoms with Crippen molar-refractivity contribution in [1.29, 1.82) is 0 Å². The van der Waals surface area contributed by atoms with Crippen LogP contribution in [0.1, 0.15) is 18.5 Å². The minimum Gasteiger partial charge on any atom is -0.315 e. The lowest BCUT2D eigenvalue weighted by molar-refractivity contribution is 0.572. The molecule has 1 aliphatic heterocycles. The molecule has 2 rings (SSSR count). The third-order valence-corrected chi connectivity index (χ3v) is 8.29. The Morgan fingerprint density at radius 1 is 1.47 bits per heavy atom. The summed E-state index contributed by atoms with van der Waals surface area (Å²) < 4.78 is 49.3. The summed E-state index contributed by atoms with van der Waals surface area (Å²) in [6.07, 6.45) is 1.03. The number of sulfonamides is 1. The quantitative estimate of drug-likeness (QED) is 0.781. The molecule has 2 heterocycles. The maximum Gasteiger partial charge on any atom is 0.305 e. The van der Waals surface area contributed by atoms with Crippen molar-refractivity contribution in [3.63, 3.8) is 0 Å². The number of rotatable bonds is 4. The minimum absolute atomic E-state index is 0.0899. The van der Waals surface area contributed by atoms with Crippen molar-refractivity contribution in [2.24, 2.45) is 0 Å². The molecule has 1 aliphatic rings. The van der Waals surface area contributed by atoms with E-state index in [4.69, 9.17) is 0 Å². The second-order valence-electron chi connectivity index (χ2n) is 4.41. The summed E-state index contributed by atoms with van der Waals surface area (Å²) in [5.74, 6) is 0.107. The van der Waals surface area contributed by atoms with Crippen molar-refractivity contribution in [2.75, 3.05) is 12.3 Å². The summed E-state index contributed by atoms with van der Waals surface area (Å²) in [5.41, 5.74) is 0.261. The van der Waals surface area contributed by atoms with E-state index in [-0.39, 0.29) is 22.2 Å². The minimum atomic E-state index is -3.83. The van der Waals surface area contributed by atoms with Crippen LogP contribution in [0.5, 0.6) is 0 Å². The molecule has 0 aromatic carbocycles. The van der Waals surface area contributed by atoms with Gasteiger partial charge in [-0.25, -0.2) is 21.6 Å². The van der Waals surface area contributed by atoms with Crippen molar-refractivity contribution < 1.29 is 16.8 Å². The summed E-state index contributed by atoms with van der Waals surface area (Å²) in [6.45, 7) is 1.34. The van der Waals surface area contributed by atoms with Crippen molar-refractivity contribution in [1.82, 2.24) is 9.71 Å². The second kappa shape index (κ2) is 5.00. The topological polar surface area (TPSA) is 113 Å². The number of H-pyrrole nitrogens is 1. The second-order valence-corrected chi connectivity index (χ2v) is 9.76. The van der Waals surface area contributed by atoms with Gasteiger partial charge in [0.25, 0.3) is 10.0 Å². The Hall–Kier alpha value is -0.710. The molecule has 10 heteroatoms. The number of thiazole rings is 1. The molecule has 1 fully saturated rings. The van der Waals surface area contributed by atoms with Crippen LogP contribution in [0.25, 0.3) is 0 Å². The zero-order chi connectivity index (χ0) is 14.3. The molecular formula is C9H14N2O5S3. The van der Waals surface area contributed by atoms with E-state index in [2.05, 4.69) is 9.71 Å². The fraction of sp³-hybridized carbons (Fsp3) is 0.667. The van der Waals surface area contributed by atoms with Crippen molar-refractivity contribution in [3.05, 3.63) is 15.4 Å². The highest BCUT2D eigenvalue weighted by Crippen LogP contribution is 2.21. The zero-order valence-corrected chi connectivity index (χ0v) is 12.6. The van der Waals surface area contributed by atoms with E-state index in [0.29, 0.717) is 24.2 Å². The van der Waals surface area contributed by atoms with Gasteiger partial charge in [-0.1, -0.05) is 11.3 Å². The highest BCUT2D eigenvalue weighted by molar-refractivity contribution is 7.93. The van der Waals surface area contributed by atoms with Crippen molar-refractivity contribution >= 4 is 31.2 Å². The van der Waals surface area contributed by atoms with Crippen LogP contribution in [0.2, 0.25) is 0 Å². The Balaban J connectivity index is 2.15. The molecule has 1 atom stereocenters. The molecular weight excluding hydrogens is 312 g/mol. The Bertz CT molecular complexity index is 728. The van der Waals surface area contributed by atoms with E-state index in [1.54, 1.807) is 0 Å². The van der Waals surface area contributed by atoms with Gasteiger partial charge in [-0.3, -0.25) is 4.79 Å². The first-order valence-corrected chi connectivity index (χ1v) is 9.65. The molecule has 19 heavy (non-hydrogen) atoms. The fourth-order valence-electron chi connectivity index (χ4n) is 2.00. The number of sulfone groups is 1. The lowest BCUT2D eigenvalue weighted by atomic mass is 10.2. The van der Waals surface area contributed by atoms with E-state index < -0.39 is 30.0 Å². The molecule has 1 aromatic rings. The molecule has 0 aliphatic carbocycles. The van der Waals surface area contributed by atoms with E-state index in [9.17, 15) is 21.6 Å². The Morgan fingerprint density at radius 3 is 2.63 bits per heavy atom. The Labute approximate surface area is 115 Å².